The number of anilines is 1. The maximum atomic E-state index is 12.9. The van der Waals surface area contributed by atoms with Crippen LogP contribution in [0.3, 0.4) is 0 Å². The summed E-state index contributed by atoms with van der Waals surface area (Å²) in [4.78, 5) is 28.7. The Morgan fingerprint density at radius 3 is 2.77 bits per heavy atom. The lowest BCUT2D eigenvalue weighted by Crippen LogP contribution is -2.19. The second-order valence-electron chi connectivity index (χ2n) is 8.08. The second-order valence-corrected chi connectivity index (χ2v) is 8.49. The summed E-state index contributed by atoms with van der Waals surface area (Å²) < 4.78 is 11.6. The minimum atomic E-state index is -0.373. The third-order valence-corrected chi connectivity index (χ3v) is 5.90. The summed E-state index contributed by atoms with van der Waals surface area (Å²) in [6.07, 6.45) is 6.35. The number of pyridine rings is 3. The number of H-pyrrole nitrogens is 1. The van der Waals surface area contributed by atoms with Crippen LogP contribution in [0.25, 0.3) is 22.2 Å². The Bertz CT molecular complexity index is 1520. The van der Waals surface area contributed by atoms with E-state index in [1.165, 1.54) is 0 Å². The minimum absolute atomic E-state index is 0.234. The smallest absolute Gasteiger partial charge is 0.295 e. The summed E-state index contributed by atoms with van der Waals surface area (Å²) in [7, 11) is 0. The van der Waals surface area contributed by atoms with Gasteiger partial charge >= 0.3 is 0 Å². The number of hydrogen-bond donors (Lipinski definition) is 2. The molecule has 4 heterocycles. The number of hydrogen-bond acceptors (Lipinski definition) is 7. The van der Waals surface area contributed by atoms with Crippen molar-refractivity contribution >= 4 is 28.5 Å². The van der Waals surface area contributed by atoms with E-state index in [0.29, 0.717) is 33.6 Å². The van der Waals surface area contributed by atoms with Gasteiger partial charge in [-0.3, -0.25) is 14.8 Å². The lowest BCUT2D eigenvalue weighted by atomic mass is 10.1. The first-order valence-corrected chi connectivity index (χ1v) is 11.4. The van der Waals surface area contributed by atoms with Crippen molar-refractivity contribution in [1.29, 1.82) is 0 Å². The highest BCUT2D eigenvalue weighted by Gasteiger charge is 2.17. The van der Waals surface area contributed by atoms with Gasteiger partial charge in [0.15, 0.2) is 0 Å². The third-order valence-electron chi connectivity index (χ3n) is 5.60. The molecule has 1 aromatic carbocycles. The van der Waals surface area contributed by atoms with Crippen LogP contribution in [-0.2, 0) is 0 Å². The Kier molecular flexibility index (Phi) is 6.20. The van der Waals surface area contributed by atoms with Crippen LogP contribution in [0.2, 0.25) is 5.02 Å². The summed E-state index contributed by atoms with van der Waals surface area (Å²) in [5.41, 5.74) is 3.18. The normalized spacial score (nSPS) is 12.9. The van der Waals surface area contributed by atoms with Crippen molar-refractivity contribution in [3.05, 3.63) is 100 Å². The monoisotopic (exact) mass is 487 g/mol. The van der Waals surface area contributed by atoms with Crippen LogP contribution in [-0.4, -0.2) is 19.9 Å². The SMILES string of the molecule is C[C@H](Nc1nc(-c2cccnc2)co1)c1cc2cc(Cl)c(O[C@H](C)c3ccccn3)cc2[nH]c1=O. The molecular weight excluding hydrogens is 466 g/mol. The first kappa shape index (κ1) is 22.6. The average molecular weight is 488 g/mol. The molecule has 0 aliphatic carbocycles. The summed E-state index contributed by atoms with van der Waals surface area (Å²) in [5.74, 6) is 0.467. The fourth-order valence-electron chi connectivity index (χ4n) is 3.75. The summed E-state index contributed by atoms with van der Waals surface area (Å²) in [6, 6.07) is 14.6. The zero-order valence-corrected chi connectivity index (χ0v) is 19.8. The lowest BCUT2D eigenvalue weighted by molar-refractivity contribution is 0.222. The number of ether oxygens (including phenoxy) is 1. The zero-order valence-electron chi connectivity index (χ0n) is 19.0. The molecule has 0 fully saturated rings. The number of aromatic nitrogens is 4. The molecule has 0 saturated carbocycles. The zero-order chi connectivity index (χ0) is 24.4. The van der Waals surface area contributed by atoms with Gasteiger partial charge in [-0.2, -0.15) is 4.98 Å². The Morgan fingerprint density at radius 1 is 1.11 bits per heavy atom. The van der Waals surface area contributed by atoms with Crippen molar-refractivity contribution in [2.75, 3.05) is 5.32 Å². The quantitative estimate of drug-likeness (QED) is 0.292. The standard InChI is InChI=1S/C26H22ClN5O3/c1-15(30-26-32-23(14-34-26)17-6-5-8-28-13-17)19-10-18-11-20(27)24(12-22(18)31-25(19)33)35-16(2)21-7-3-4-9-29-21/h3-16H,1-2H3,(H,30,32)(H,31,33)/t15-,16+/m0/s1. The van der Waals surface area contributed by atoms with Crippen LogP contribution >= 0.6 is 11.6 Å². The number of aromatic amines is 1. The molecule has 4 aromatic heterocycles. The molecule has 0 aliphatic rings. The molecule has 0 aliphatic heterocycles. The number of rotatable bonds is 7. The fourth-order valence-corrected chi connectivity index (χ4v) is 3.97. The number of fused-ring (bicyclic) bond motifs is 1. The fraction of sp³-hybridized carbons (Fsp3) is 0.154. The first-order chi connectivity index (χ1) is 17.0. The van der Waals surface area contributed by atoms with Gasteiger partial charge in [0.05, 0.1) is 22.3 Å². The number of nitrogens with one attached hydrogen (secondary N) is 2. The molecule has 0 bridgehead atoms. The Morgan fingerprint density at radius 2 is 2.00 bits per heavy atom. The van der Waals surface area contributed by atoms with Gasteiger partial charge in [0.25, 0.3) is 11.6 Å². The van der Waals surface area contributed by atoms with E-state index in [1.54, 1.807) is 43.1 Å². The Balaban J connectivity index is 1.37. The van der Waals surface area contributed by atoms with E-state index in [-0.39, 0.29) is 17.7 Å². The summed E-state index contributed by atoms with van der Waals surface area (Å²) in [6.45, 7) is 3.75. The molecule has 5 aromatic rings. The molecule has 8 nitrogen and oxygen atoms in total. The molecule has 0 spiro atoms. The van der Waals surface area contributed by atoms with Crippen molar-refractivity contribution in [1.82, 2.24) is 19.9 Å². The molecule has 0 radical (unpaired) electrons. The van der Waals surface area contributed by atoms with Crippen molar-refractivity contribution in [2.24, 2.45) is 0 Å². The van der Waals surface area contributed by atoms with E-state index in [4.69, 9.17) is 20.8 Å². The molecule has 9 heteroatoms. The first-order valence-electron chi connectivity index (χ1n) is 11.0. The maximum absolute atomic E-state index is 12.9. The molecule has 2 N–H and O–H groups in total. The van der Waals surface area contributed by atoms with E-state index >= 15 is 0 Å². The van der Waals surface area contributed by atoms with Gasteiger partial charge in [-0.25, -0.2) is 0 Å². The lowest BCUT2D eigenvalue weighted by Gasteiger charge is -2.17. The number of nitrogens with zero attached hydrogens (tertiary/aromatic N) is 3. The molecule has 35 heavy (non-hydrogen) atoms. The molecule has 5 rings (SSSR count). The molecule has 0 amide bonds. The van der Waals surface area contributed by atoms with Crippen LogP contribution in [0.4, 0.5) is 6.01 Å². The van der Waals surface area contributed by atoms with Crippen LogP contribution in [0.5, 0.6) is 5.75 Å². The van der Waals surface area contributed by atoms with Gasteiger partial charge in [-0.05, 0) is 50.2 Å². The maximum Gasteiger partial charge on any atom is 0.295 e. The van der Waals surface area contributed by atoms with Gasteiger partial charge in [0, 0.05) is 41.2 Å². The van der Waals surface area contributed by atoms with E-state index in [2.05, 4.69) is 25.3 Å². The predicted molar refractivity (Wildman–Crippen MR) is 135 cm³/mol. The summed E-state index contributed by atoms with van der Waals surface area (Å²) in [5, 5.41) is 4.36. The van der Waals surface area contributed by atoms with Gasteiger partial charge in [0.1, 0.15) is 23.8 Å². The van der Waals surface area contributed by atoms with Gasteiger partial charge in [-0.1, -0.05) is 17.7 Å². The van der Waals surface area contributed by atoms with Crippen LogP contribution < -0.4 is 15.6 Å². The number of oxazole rings is 1. The van der Waals surface area contributed by atoms with Crippen LogP contribution in [0.1, 0.15) is 37.3 Å². The van der Waals surface area contributed by atoms with Crippen molar-refractivity contribution < 1.29 is 9.15 Å². The topological polar surface area (TPSA) is 106 Å². The highest BCUT2D eigenvalue weighted by atomic mass is 35.5. The predicted octanol–water partition coefficient (Wildman–Crippen LogP) is 5.94. The highest BCUT2D eigenvalue weighted by Crippen LogP contribution is 2.33. The van der Waals surface area contributed by atoms with E-state index < -0.39 is 0 Å². The van der Waals surface area contributed by atoms with E-state index in [1.807, 2.05) is 44.2 Å². The van der Waals surface area contributed by atoms with Crippen molar-refractivity contribution in [3.8, 4) is 17.0 Å². The van der Waals surface area contributed by atoms with Gasteiger partial charge < -0.3 is 19.5 Å². The van der Waals surface area contributed by atoms with Crippen molar-refractivity contribution in [3.63, 3.8) is 0 Å². The molecule has 176 valence electrons. The highest BCUT2D eigenvalue weighted by molar-refractivity contribution is 6.32. The average Bonchev–Trinajstić information content (AvgIpc) is 3.34. The van der Waals surface area contributed by atoms with Crippen LogP contribution in [0, 0.1) is 0 Å². The van der Waals surface area contributed by atoms with Crippen molar-refractivity contribution in [2.45, 2.75) is 26.0 Å². The van der Waals surface area contributed by atoms with Crippen LogP contribution in [0.15, 0.2) is 82.6 Å². The second kappa shape index (κ2) is 9.60. The molecular formula is C26H22ClN5O3. The number of halogens is 1. The molecule has 0 unspecified atom stereocenters. The molecule has 0 saturated heterocycles. The summed E-state index contributed by atoms with van der Waals surface area (Å²) >= 11 is 6.51. The largest absolute Gasteiger partial charge is 0.483 e. The van der Waals surface area contributed by atoms with E-state index in [9.17, 15) is 4.79 Å². The van der Waals surface area contributed by atoms with Gasteiger partial charge in [0.2, 0.25) is 0 Å². The van der Waals surface area contributed by atoms with E-state index in [0.717, 1.165) is 16.6 Å². The Hall–Kier alpha value is -4.17. The third kappa shape index (κ3) is 4.88. The Labute approximate surface area is 206 Å². The number of benzene rings is 1. The molecule has 2 atom stereocenters. The van der Waals surface area contributed by atoms with Gasteiger partial charge in [-0.15, -0.1) is 0 Å². The minimum Gasteiger partial charge on any atom is -0.483 e.